The van der Waals surface area contributed by atoms with Gasteiger partial charge in [-0.1, -0.05) is 121 Å². The van der Waals surface area contributed by atoms with Gasteiger partial charge in [-0.25, -0.2) is 15.0 Å². The van der Waals surface area contributed by atoms with Gasteiger partial charge in [-0.05, 0) is 82.5 Å². The maximum absolute atomic E-state index is 5.81. The molecule has 0 atom stereocenters. The lowest BCUT2D eigenvalue weighted by Gasteiger charge is -2.20. The first-order valence-corrected chi connectivity index (χ1v) is 14.5. The Balaban J connectivity index is 1.50. The maximum atomic E-state index is 5.81. The van der Waals surface area contributed by atoms with Crippen LogP contribution in [0.2, 0.25) is 0 Å². The van der Waals surface area contributed by atoms with Crippen LogP contribution in [0.4, 0.5) is 0 Å². The van der Waals surface area contributed by atoms with E-state index in [4.69, 9.17) is 11.4 Å². The van der Waals surface area contributed by atoms with E-state index in [0.29, 0.717) is 11.6 Å². The molecule has 0 unspecified atom stereocenters. The van der Waals surface area contributed by atoms with Crippen molar-refractivity contribution in [3.05, 3.63) is 151 Å². The minimum Gasteiger partial charge on any atom is -0.217 e. The Hall–Kier alpha value is -5.59. The van der Waals surface area contributed by atoms with Gasteiger partial charge in [0.15, 0.2) is 11.6 Å². The van der Waals surface area contributed by atoms with Crippen molar-refractivity contribution in [1.29, 1.82) is 0 Å². The summed E-state index contributed by atoms with van der Waals surface area (Å²) in [6.45, 7) is 2.02. The Kier molecular flexibility index (Phi) is 8.29. The summed E-state index contributed by atoms with van der Waals surface area (Å²) in [7, 11) is 0. The number of aromatic nitrogens is 3. The van der Waals surface area contributed by atoms with Gasteiger partial charge in [0.25, 0.3) is 0 Å². The highest BCUT2D eigenvalue weighted by Crippen LogP contribution is 2.40. The van der Waals surface area contributed by atoms with Crippen molar-refractivity contribution < 1.29 is 0 Å². The third-order valence-corrected chi connectivity index (χ3v) is 7.50. The van der Waals surface area contributed by atoms with Crippen molar-refractivity contribution in [2.75, 3.05) is 0 Å². The molecular weight excluding hydrogens is 522 g/mol. The van der Waals surface area contributed by atoms with Crippen LogP contribution in [0.25, 0.3) is 56.2 Å². The van der Waals surface area contributed by atoms with E-state index in [1.165, 1.54) is 16.7 Å². The number of nitrogens with zero attached hydrogens (tertiary/aromatic N) is 3. The molecule has 0 bridgehead atoms. The lowest BCUT2D eigenvalue weighted by atomic mass is 9.84. The van der Waals surface area contributed by atoms with Crippen LogP contribution in [0.5, 0.6) is 0 Å². The first-order valence-electron chi connectivity index (χ1n) is 14.5. The van der Waals surface area contributed by atoms with Gasteiger partial charge in [0.2, 0.25) is 0 Å². The molecule has 43 heavy (non-hydrogen) atoms. The zero-order valence-electron chi connectivity index (χ0n) is 24.1. The van der Waals surface area contributed by atoms with Crippen molar-refractivity contribution >= 4 is 11.1 Å². The molecule has 1 aliphatic rings. The van der Waals surface area contributed by atoms with Gasteiger partial charge in [0, 0.05) is 11.1 Å². The van der Waals surface area contributed by atoms with E-state index >= 15 is 0 Å². The molecule has 0 aliphatic heterocycles. The van der Waals surface area contributed by atoms with E-state index in [9.17, 15) is 0 Å². The Bertz CT molecular complexity index is 1900. The van der Waals surface area contributed by atoms with Gasteiger partial charge in [0.05, 0.1) is 0 Å². The summed E-state index contributed by atoms with van der Waals surface area (Å²) in [5.41, 5.74) is 11.0. The van der Waals surface area contributed by atoms with E-state index in [1.54, 1.807) is 6.33 Å². The molecule has 3 nitrogen and oxygen atoms in total. The van der Waals surface area contributed by atoms with Crippen LogP contribution in [-0.2, 0) is 0 Å². The molecule has 3 heteroatoms. The molecule has 0 amide bonds. The monoisotopic (exact) mass is 553 g/mol. The zero-order valence-corrected chi connectivity index (χ0v) is 24.1. The number of hydrogen-bond acceptors (Lipinski definition) is 3. The summed E-state index contributed by atoms with van der Waals surface area (Å²) in [5.74, 6) is 4.06. The molecule has 1 aliphatic carbocycles. The molecule has 1 heterocycles. The minimum absolute atomic E-state index is 0.642. The Morgan fingerprint density at radius 2 is 1.33 bits per heavy atom. The molecule has 0 spiro atoms. The molecule has 0 saturated heterocycles. The van der Waals surface area contributed by atoms with E-state index in [0.717, 1.165) is 51.8 Å². The molecule has 4 aromatic carbocycles. The number of hydrogen-bond donors (Lipinski definition) is 0. The number of rotatable bonds is 7. The lowest BCUT2D eigenvalue weighted by Crippen LogP contribution is -1.98. The SMILES string of the molecule is C#C/C=C(\C=C/C)c1cc(-c2ccc(-c3ncnc(-c4ccccc4)n3)cc2)c(-c2ccccc2)cc1C1=CCCC=C1. The molecule has 0 saturated carbocycles. The molecule has 206 valence electrons. The van der Waals surface area contributed by atoms with Gasteiger partial charge in [-0.2, -0.15) is 0 Å². The first kappa shape index (κ1) is 27.6. The van der Waals surface area contributed by atoms with E-state index in [1.807, 2.05) is 49.4 Å². The molecule has 6 rings (SSSR count). The fourth-order valence-corrected chi connectivity index (χ4v) is 5.43. The molecular formula is C40H31N3. The smallest absolute Gasteiger partial charge is 0.163 e. The van der Waals surface area contributed by atoms with Crippen LogP contribution in [0.3, 0.4) is 0 Å². The van der Waals surface area contributed by atoms with Crippen LogP contribution in [-0.4, -0.2) is 15.0 Å². The van der Waals surface area contributed by atoms with Gasteiger partial charge in [0.1, 0.15) is 6.33 Å². The van der Waals surface area contributed by atoms with Crippen LogP contribution < -0.4 is 0 Å². The highest BCUT2D eigenvalue weighted by Gasteiger charge is 2.18. The summed E-state index contributed by atoms with van der Waals surface area (Å²) in [6.07, 6.45) is 22.3. The molecule has 0 fully saturated rings. The van der Waals surface area contributed by atoms with Crippen LogP contribution in [0.1, 0.15) is 30.9 Å². The summed E-state index contributed by atoms with van der Waals surface area (Å²) in [4.78, 5) is 13.6. The second-order valence-corrected chi connectivity index (χ2v) is 10.3. The second-order valence-electron chi connectivity index (χ2n) is 10.3. The summed E-state index contributed by atoms with van der Waals surface area (Å²) < 4.78 is 0. The summed E-state index contributed by atoms with van der Waals surface area (Å²) in [6, 6.07) is 33.6. The topological polar surface area (TPSA) is 38.7 Å². The maximum Gasteiger partial charge on any atom is 0.163 e. The number of allylic oxidation sites excluding steroid dienone is 8. The third-order valence-electron chi connectivity index (χ3n) is 7.50. The van der Waals surface area contributed by atoms with Crippen LogP contribution in [0.15, 0.2) is 140 Å². The summed E-state index contributed by atoms with van der Waals surface area (Å²) >= 11 is 0. The van der Waals surface area contributed by atoms with Crippen molar-refractivity contribution in [3.63, 3.8) is 0 Å². The number of benzene rings is 4. The van der Waals surface area contributed by atoms with Crippen molar-refractivity contribution in [1.82, 2.24) is 15.0 Å². The lowest BCUT2D eigenvalue weighted by molar-refractivity contribution is 1.04. The minimum atomic E-state index is 0.642. The van der Waals surface area contributed by atoms with Gasteiger partial charge in [-0.15, -0.1) is 6.42 Å². The molecule has 0 radical (unpaired) electrons. The molecule has 0 N–H and O–H groups in total. The van der Waals surface area contributed by atoms with Gasteiger partial charge in [-0.3, -0.25) is 0 Å². The highest BCUT2D eigenvalue weighted by atomic mass is 15.0. The highest BCUT2D eigenvalue weighted by molar-refractivity contribution is 5.95. The predicted molar refractivity (Wildman–Crippen MR) is 180 cm³/mol. The van der Waals surface area contributed by atoms with Crippen molar-refractivity contribution in [3.8, 4) is 57.4 Å². The largest absolute Gasteiger partial charge is 0.217 e. The molecule has 5 aromatic rings. The van der Waals surface area contributed by atoms with E-state index < -0.39 is 0 Å². The number of terminal acetylenes is 1. The average Bonchev–Trinajstić information content (AvgIpc) is 3.09. The van der Waals surface area contributed by atoms with Crippen molar-refractivity contribution in [2.24, 2.45) is 0 Å². The second kappa shape index (κ2) is 12.9. The Morgan fingerprint density at radius 3 is 1.95 bits per heavy atom. The summed E-state index contributed by atoms with van der Waals surface area (Å²) in [5, 5.41) is 0. The van der Waals surface area contributed by atoms with Gasteiger partial charge >= 0.3 is 0 Å². The van der Waals surface area contributed by atoms with Crippen LogP contribution in [0, 0.1) is 12.3 Å². The average molecular weight is 554 g/mol. The van der Waals surface area contributed by atoms with Crippen molar-refractivity contribution in [2.45, 2.75) is 19.8 Å². The predicted octanol–water partition coefficient (Wildman–Crippen LogP) is 9.87. The third kappa shape index (κ3) is 6.05. The standard InChI is InChI=1S/C40H31N3/c1-3-14-29(15-4-2)35-26-38(37(31-18-10-6-11-19-31)27-36(35)30-16-8-5-9-17-30)32-22-24-34(25-23-32)40-42-28-41-39(43-40)33-20-12-7-13-21-33/h1,4,6-8,10-28H,5,9H2,2H3/b15-4-,29-14+. The molecule has 1 aromatic heterocycles. The Morgan fingerprint density at radius 1 is 0.721 bits per heavy atom. The van der Waals surface area contributed by atoms with E-state index in [2.05, 4.69) is 107 Å². The van der Waals surface area contributed by atoms with Gasteiger partial charge < -0.3 is 0 Å². The first-order chi connectivity index (χ1) is 21.2. The van der Waals surface area contributed by atoms with Crippen LogP contribution >= 0.6 is 0 Å². The Labute approximate surface area is 253 Å². The quantitative estimate of drug-likeness (QED) is 0.149. The zero-order chi connectivity index (χ0) is 29.4. The normalized spacial score (nSPS) is 13.1. The fraction of sp³-hybridized carbons (Fsp3) is 0.0750. The van der Waals surface area contributed by atoms with E-state index in [-0.39, 0.29) is 0 Å². The fourth-order valence-electron chi connectivity index (χ4n) is 5.43.